The van der Waals surface area contributed by atoms with E-state index in [2.05, 4.69) is 0 Å². The van der Waals surface area contributed by atoms with E-state index in [1.54, 1.807) is 0 Å². The summed E-state index contributed by atoms with van der Waals surface area (Å²) in [5.41, 5.74) is 10.9. The van der Waals surface area contributed by atoms with Crippen LogP contribution in [0.5, 0.6) is 0 Å². The minimum atomic E-state index is -0.564. The molecule has 8 heteroatoms. The maximum absolute atomic E-state index is 10.2. The molecule has 0 fully saturated rings. The van der Waals surface area contributed by atoms with E-state index in [9.17, 15) is 10.1 Å². The molecule has 1 aromatic carbocycles. The van der Waals surface area contributed by atoms with Crippen LogP contribution in [0.25, 0.3) is 0 Å². The summed E-state index contributed by atoms with van der Waals surface area (Å²) >= 11 is 0. The van der Waals surface area contributed by atoms with Gasteiger partial charge >= 0.3 is 0 Å². The SMILES string of the molecule is Cl.Cl.N.Nc1ccc(N)c([N+](=O)[O-])c1. The van der Waals surface area contributed by atoms with Crippen LogP contribution in [-0.2, 0) is 0 Å². The second kappa shape index (κ2) is 7.19. The van der Waals surface area contributed by atoms with E-state index in [-0.39, 0.29) is 42.3 Å². The van der Waals surface area contributed by atoms with E-state index in [4.69, 9.17) is 11.5 Å². The Kier molecular flexibility index (Phi) is 9.52. The normalized spacial score (nSPS) is 7.43. The highest BCUT2D eigenvalue weighted by molar-refractivity contribution is 5.85. The van der Waals surface area contributed by atoms with Gasteiger partial charge in [-0.3, -0.25) is 10.1 Å². The molecule has 0 aliphatic rings. The van der Waals surface area contributed by atoms with Gasteiger partial charge in [0.05, 0.1) is 4.92 Å². The van der Waals surface area contributed by atoms with Crippen LogP contribution in [0.1, 0.15) is 0 Å². The van der Waals surface area contributed by atoms with E-state index in [0.29, 0.717) is 5.69 Å². The van der Waals surface area contributed by atoms with Crippen molar-refractivity contribution in [3.63, 3.8) is 0 Å². The fourth-order valence-corrected chi connectivity index (χ4v) is 0.719. The van der Waals surface area contributed by atoms with Crippen LogP contribution in [0.15, 0.2) is 18.2 Å². The van der Waals surface area contributed by atoms with Gasteiger partial charge in [-0.15, -0.1) is 24.8 Å². The summed E-state index contributed by atoms with van der Waals surface area (Å²) in [5.74, 6) is 0. The number of benzene rings is 1. The predicted molar refractivity (Wildman–Crippen MR) is 61.4 cm³/mol. The van der Waals surface area contributed by atoms with E-state index in [0.717, 1.165) is 0 Å². The minimum Gasteiger partial charge on any atom is -0.399 e. The topological polar surface area (TPSA) is 130 Å². The predicted octanol–water partition coefficient (Wildman–Crippen LogP) is 1.76. The molecule has 0 aliphatic carbocycles. The zero-order valence-corrected chi connectivity index (χ0v) is 8.81. The van der Waals surface area contributed by atoms with Crippen molar-refractivity contribution in [3.05, 3.63) is 28.3 Å². The van der Waals surface area contributed by atoms with Gasteiger partial charge in [0.15, 0.2) is 0 Å². The Morgan fingerprint density at radius 1 is 1.21 bits per heavy atom. The first-order valence-corrected chi connectivity index (χ1v) is 2.90. The molecule has 0 aromatic heterocycles. The molecule has 0 spiro atoms. The van der Waals surface area contributed by atoms with Crippen LogP contribution in [0.4, 0.5) is 17.1 Å². The highest BCUT2D eigenvalue weighted by Gasteiger charge is 2.09. The highest BCUT2D eigenvalue weighted by atomic mass is 35.5. The largest absolute Gasteiger partial charge is 0.399 e. The van der Waals surface area contributed by atoms with Gasteiger partial charge in [0.2, 0.25) is 0 Å². The minimum absolute atomic E-state index is 0. The number of nitrogen functional groups attached to an aromatic ring is 2. The molecule has 0 saturated carbocycles. The van der Waals surface area contributed by atoms with Crippen LogP contribution in [0.3, 0.4) is 0 Å². The molecule has 0 radical (unpaired) electrons. The number of rotatable bonds is 1. The lowest BCUT2D eigenvalue weighted by Crippen LogP contribution is -1.96. The fourth-order valence-electron chi connectivity index (χ4n) is 0.719. The van der Waals surface area contributed by atoms with Gasteiger partial charge in [0.1, 0.15) is 5.69 Å². The average molecular weight is 243 g/mol. The molecule has 0 unspecified atom stereocenters. The first-order valence-electron chi connectivity index (χ1n) is 2.90. The maximum Gasteiger partial charge on any atom is 0.294 e. The van der Waals surface area contributed by atoms with Crippen molar-refractivity contribution in [2.24, 2.45) is 0 Å². The van der Waals surface area contributed by atoms with Gasteiger partial charge in [-0.2, -0.15) is 0 Å². The number of halogens is 2. The van der Waals surface area contributed by atoms with E-state index in [1.807, 2.05) is 0 Å². The van der Waals surface area contributed by atoms with E-state index < -0.39 is 4.92 Å². The molecule has 0 atom stereocenters. The van der Waals surface area contributed by atoms with Crippen LogP contribution in [0, 0.1) is 10.1 Å². The molecule has 0 heterocycles. The van der Waals surface area contributed by atoms with Crippen molar-refractivity contribution < 1.29 is 4.92 Å². The molecule has 0 bridgehead atoms. The maximum atomic E-state index is 10.2. The molecule has 14 heavy (non-hydrogen) atoms. The van der Waals surface area contributed by atoms with Crippen molar-refractivity contribution >= 4 is 41.9 Å². The van der Waals surface area contributed by atoms with Crippen LogP contribution < -0.4 is 17.6 Å². The molecule has 1 rings (SSSR count). The third kappa shape index (κ3) is 4.13. The third-order valence-electron chi connectivity index (χ3n) is 1.25. The van der Waals surface area contributed by atoms with Crippen molar-refractivity contribution in [2.45, 2.75) is 0 Å². The Balaban J connectivity index is -0.000000403. The Hall–Kier alpha value is -1.24. The van der Waals surface area contributed by atoms with Crippen LogP contribution >= 0.6 is 24.8 Å². The Labute approximate surface area is 93.2 Å². The van der Waals surface area contributed by atoms with Crippen molar-refractivity contribution in [2.75, 3.05) is 11.5 Å². The molecule has 7 N–H and O–H groups in total. The zero-order chi connectivity index (χ0) is 8.43. The number of hydrogen-bond acceptors (Lipinski definition) is 5. The van der Waals surface area contributed by atoms with E-state index in [1.165, 1.54) is 18.2 Å². The summed E-state index contributed by atoms with van der Waals surface area (Å²) in [6, 6.07) is 4.16. The molecule has 6 nitrogen and oxygen atoms in total. The van der Waals surface area contributed by atoms with Crippen molar-refractivity contribution in [1.29, 1.82) is 0 Å². The lowest BCUT2D eigenvalue weighted by atomic mass is 10.2. The second-order valence-corrected chi connectivity index (χ2v) is 2.08. The summed E-state index contributed by atoms with van der Waals surface area (Å²) in [4.78, 5) is 9.68. The van der Waals surface area contributed by atoms with Crippen molar-refractivity contribution in [3.8, 4) is 0 Å². The van der Waals surface area contributed by atoms with E-state index >= 15 is 0 Å². The summed E-state index contributed by atoms with van der Waals surface area (Å²) in [6.07, 6.45) is 0. The lowest BCUT2D eigenvalue weighted by molar-refractivity contribution is -0.383. The van der Waals surface area contributed by atoms with Gasteiger partial charge < -0.3 is 17.6 Å². The molecule has 0 saturated heterocycles. The molecule has 0 amide bonds. The lowest BCUT2D eigenvalue weighted by Gasteiger charge is -1.96. The molecular formula is C6H12Cl2N4O2. The molecule has 1 aromatic rings. The Bertz CT molecular complexity index is 308. The molecule has 82 valence electrons. The van der Waals surface area contributed by atoms with Crippen molar-refractivity contribution in [1.82, 2.24) is 6.15 Å². The number of hydrogen-bond donors (Lipinski definition) is 3. The molecule has 0 aliphatic heterocycles. The smallest absolute Gasteiger partial charge is 0.294 e. The van der Waals surface area contributed by atoms with Crippen LogP contribution in [0.2, 0.25) is 0 Å². The monoisotopic (exact) mass is 242 g/mol. The molecular weight excluding hydrogens is 231 g/mol. The standard InChI is InChI=1S/C6H7N3O2.2ClH.H3N/c7-4-1-2-5(8)6(3-4)9(10)11;;;/h1-3H,7-8H2;2*1H;1H3. The van der Waals surface area contributed by atoms with Gasteiger partial charge in [0, 0.05) is 11.8 Å². The average Bonchev–Trinajstić information content (AvgIpc) is 1.94. The first-order chi connectivity index (χ1) is 5.11. The number of nitrogens with zero attached hydrogens (tertiary/aromatic N) is 1. The number of nitro benzene ring substituents is 1. The third-order valence-corrected chi connectivity index (χ3v) is 1.25. The Morgan fingerprint density at radius 3 is 2.07 bits per heavy atom. The van der Waals surface area contributed by atoms with Gasteiger partial charge in [-0.1, -0.05) is 0 Å². The quantitative estimate of drug-likeness (QED) is 0.393. The summed E-state index contributed by atoms with van der Waals surface area (Å²) in [7, 11) is 0. The number of nitrogens with two attached hydrogens (primary N) is 2. The highest BCUT2D eigenvalue weighted by Crippen LogP contribution is 2.22. The summed E-state index contributed by atoms with van der Waals surface area (Å²) in [6.45, 7) is 0. The first kappa shape index (κ1) is 18.5. The fraction of sp³-hybridized carbons (Fsp3) is 0. The number of nitro groups is 1. The van der Waals surface area contributed by atoms with Gasteiger partial charge in [0.25, 0.3) is 5.69 Å². The Morgan fingerprint density at radius 2 is 1.71 bits per heavy atom. The summed E-state index contributed by atoms with van der Waals surface area (Å²) < 4.78 is 0. The summed E-state index contributed by atoms with van der Waals surface area (Å²) in [5, 5.41) is 10.2. The second-order valence-electron chi connectivity index (χ2n) is 2.08. The van der Waals surface area contributed by atoms with Gasteiger partial charge in [-0.25, -0.2) is 0 Å². The van der Waals surface area contributed by atoms with Crippen LogP contribution in [-0.4, -0.2) is 4.92 Å². The number of anilines is 2. The zero-order valence-electron chi connectivity index (χ0n) is 7.17. The van der Waals surface area contributed by atoms with Gasteiger partial charge in [-0.05, 0) is 12.1 Å².